The number of amides is 1. The van der Waals surface area contributed by atoms with E-state index in [-0.39, 0.29) is 31.9 Å². The maximum atomic E-state index is 13.1. The second kappa shape index (κ2) is 6.70. The van der Waals surface area contributed by atoms with Gasteiger partial charge in [0.2, 0.25) is 0 Å². The molecule has 7 nitrogen and oxygen atoms in total. The minimum Gasteiger partial charge on any atom is -0.362 e. The quantitative estimate of drug-likeness (QED) is 0.829. The highest BCUT2D eigenvalue weighted by Gasteiger charge is 2.36. The van der Waals surface area contributed by atoms with Crippen molar-refractivity contribution in [1.82, 2.24) is 14.9 Å². The summed E-state index contributed by atoms with van der Waals surface area (Å²) in [7, 11) is 0. The highest BCUT2D eigenvalue weighted by molar-refractivity contribution is 5.96. The lowest BCUT2D eigenvalue weighted by Gasteiger charge is -2.35. The molecule has 2 heterocycles. The second-order valence-electron chi connectivity index (χ2n) is 5.78. The molecule has 0 unspecified atom stereocenters. The van der Waals surface area contributed by atoms with Crippen molar-refractivity contribution in [2.45, 2.75) is 6.18 Å². The summed E-state index contributed by atoms with van der Waals surface area (Å²) in [5, 5.41) is 0. The number of benzene rings is 1. The van der Waals surface area contributed by atoms with Crippen molar-refractivity contribution < 1.29 is 18.0 Å². The lowest BCUT2D eigenvalue weighted by molar-refractivity contribution is -0.138. The van der Waals surface area contributed by atoms with Crippen LogP contribution in [0.2, 0.25) is 0 Å². The van der Waals surface area contributed by atoms with Gasteiger partial charge in [-0.1, -0.05) is 12.1 Å². The van der Waals surface area contributed by atoms with Crippen LogP contribution in [0.3, 0.4) is 0 Å². The molecule has 0 spiro atoms. The Bertz CT molecular complexity index is 927. The molecule has 1 aromatic heterocycles. The van der Waals surface area contributed by atoms with Crippen LogP contribution in [0.15, 0.2) is 40.1 Å². The fourth-order valence-electron chi connectivity index (χ4n) is 2.88. The number of aromatic amines is 2. The number of nitrogens with one attached hydrogen (secondary N) is 2. The molecule has 0 aliphatic carbocycles. The van der Waals surface area contributed by atoms with Gasteiger partial charge in [-0.05, 0) is 12.1 Å². The number of hydrogen-bond acceptors (Lipinski definition) is 4. The predicted molar refractivity (Wildman–Crippen MR) is 87.2 cm³/mol. The maximum Gasteiger partial charge on any atom is 0.417 e. The first-order valence-corrected chi connectivity index (χ1v) is 7.80. The summed E-state index contributed by atoms with van der Waals surface area (Å²) in [6.45, 7) is 0.831. The fraction of sp³-hybridized carbons (Fsp3) is 0.312. The highest BCUT2D eigenvalue weighted by Crippen LogP contribution is 2.32. The van der Waals surface area contributed by atoms with Crippen LogP contribution in [0, 0.1) is 0 Å². The van der Waals surface area contributed by atoms with Gasteiger partial charge in [-0.3, -0.25) is 14.6 Å². The van der Waals surface area contributed by atoms with Crippen LogP contribution in [-0.2, 0) is 6.18 Å². The number of piperazine rings is 1. The second-order valence-corrected chi connectivity index (χ2v) is 5.78. The van der Waals surface area contributed by atoms with Crippen molar-refractivity contribution in [3.63, 3.8) is 0 Å². The Labute approximate surface area is 145 Å². The van der Waals surface area contributed by atoms with E-state index in [1.807, 2.05) is 0 Å². The largest absolute Gasteiger partial charge is 0.417 e. The summed E-state index contributed by atoms with van der Waals surface area (Å²) < 4.78 is 39.3. The molecule has 138 valence electrons. The van der Waals surface area contributed by atoms with Gasteiger partial charge >= 0.3 is 11.9 Å². The molecule has 1 amide bonds. The van der Waals surface area contributed by atoms with E-state index in [1.165, 1.54) is 23.2 Å². The molecule has 0 saturated carbocycles. The molecule has 26 heavy (non-hydrogen) atoms. The Morgan fingerprint density at radius 2 is 1.69 bits per heavy atom. The van der Waals surface area contributed by atoms with Crippen LogP contribution in [0.1, 0.15) is 15.9 Å². The van der Waals surface area contributed by atoms with Crippen LogP contribution in [0.5, 0.6) is 0 Å². The van der Waals surface area contributed by atoms with Crippen LogP contribution in [0.25, 0.3) is 0 Å². The molecular formula is C16H15F3N4O3. The van der Waals surface area contributed by atoms with Crippen molar-refractivity contribution in [3.8, 4) is 0 Å². The number of alkyl halides is 3. The van der Waals surface area contributed by atoms with E-state index in [0.717, 1.165) is 12.1 Å². The van der Waals surface area contributed by atoms with Gasteiger partial charge in [0.1, 0.15) is 5.69 Å². The number of halogens is 3. The first-order chi connectivity index (χ1) is 12.3. The topological polar surface area (TPSA) is 89.3 Å². The SMILES string of the molecule is O=C(c1ccccc1C(F)(F)F)N1CCN(c2c[nH]c(=O)[nH]c2=O)CC1. The number of carbonyl (C=O) groups excluding carboxylic acids is 1. The molecule has 1 aromatic carbocycles. The number of H-pyrrole nitrogens is 2. The number of nitrogens with zero attached hydrogens (tertiary/aromatic N) is 2. The third kappa shape index (κ3) is 3.48. The monoisotopic (exact) mass is 368 g/mol. The van der Waals surface area contributed by atoms with E-state index < -0.39 is 34.5 Å². The van der Waals surface area contributed by atoms with Gasteiger partial charge < -0.3 is 14.8 Å². The average molecular weight is 368 g/mol. The molecule has 0 atom stereocenters. The zero-order valence-corrected chi connectivity index (χ0v) is 13.5. The van der Waals surface area contributed by atoms with Crippen molar-refractivity contribution in [2.75, 3.05) is 31.1 Å². The average Bonchev–Trinajstić information content (AvgIpc) is 2.61. The van der Waals surface area contributed by atoms with E-state index in [2.05, 4.69) is 9.97 Å². The zero-order valence-electron chi connectivity index (χ0n) is 13.5. The van der Waals surface area contributed by atoms with Gasteiger partial charge in [0.25, 0.3) is 11.5 Å². The van der Waals surface area contributed by atoms with Crippen LogP contribution >= 0.6 is 0 Å². The van der Waals surface area contributed by atoms with E-state index in [1.54, 1.807) is 4.90 Å². The Morgan fingerprint density at radius 1 is 1.04 bits per heavy atom. The van der Waals surface area contributed by atoms with Gasteiger partial charge in [0, 0.05) is 32.4 Å². The van der Waals surface area contributed by atoms with Gasteiger partial charge in [0.15, 0.2) is 0 Å². The number of anilines is 1. The standard InChI is InChI=1S/C16H15F3N4O3/c17-16(18,19)11-4-2-1-3-10(11)14(25)23-7-5-22(6-8-23)12-9-20-15(26)21-13(12)24/h1-4,9H,5-8H2,(H2,20,21,24,26). The van der Waals surface area contributed by atoms with Crippen molar-refractivity contribution in [1.29, 1.82) is 0 Å². The molecule has 10 heteroatoms. The number of rotatable bonds is 2. The molecule has 0 bridgehead atoms. The van der Waals surface area contributed by atoms with E-state index >= 15 is 0 Å². The normalized spacial score (nSPS) is 15.2. The minimum atomic E-state index is -4.61. The van der Waals surface area contributed by atoms with Gasteiger partial charge in [-0.25, -0.2) is 4.79 Å². The van der Waals surface area contributed by atoms with Crippen molar-refractivity contribution in [2.24, 2.45) is 0 Å². The van der Waals surface area contributed by atoms with E-state index in [0.29, 0.717) is 0 Å². The summed E-state index contributed by atoms with van der Waals surface area (Å²) in [6, 6.07) is 4.66. The summed E-state index contributed by atoms with van der Waals surface area (Å²) in [5.74, 6) is -0.701. The smallest absolute Gasteiger partial charge is 0.362 e. The Kier molecular flexibility index (Phi) is 4.58. The molecule has 2 N–H and O–H groups in total. The number of hydrogen-bond donors (Lipinski definition) is 2. The fourth-order valence-corrected chi connectivity index (χ4v) is 2.88. The minimum absolute atomic E-state index is 0.156. The molecule has 1 fully saturated rings. The first-order valence-electron chi connectivity index (χ1n) is 7.80. The predicted octanol–water partition coefficient (Wildman–Crippen LogP) is 1.04. The summed E-state index contributed by atoms with van der Waals surface area (Å²) >= 11 is 0. The number of carbonyl (C=O) groups is 1. The van der Waals surface area contributed by atoms with Crippen molar-refractivity contribution >= 4 is 11.6 Å². The Morgan fingerprint density at radius 3 is 2.31 bits per heavy atom. The van der Waals surface area contributed by atoms with Crippen molar-refractivity contribution in [3.05, 3.63) is 62.4 Å². The van der Waals surface area contributed by atoms with Gasteiger partial charge in [-0.2, -0.15) is 13.2 Å². The molecular weight excluding hydrogens is 353 g/mol. The van der Waals surface area contributed by atoms with E-state index in [9.17, 15) is 27.6 Å². The van der Waals surface area contributed by atoms with Crippen LogP contribution in [0.4, 0.5) is 18.9 Å². The third-order valence-electron chi connectivity index (χ3n) is 4.17. The Balaban J connectivity index is 1.76. The van der Waals surface area contributed by atoms with Gasteiger partial charge in [0.05, 0.1) is 11.1 Å². The molecule has 1 saturated heterocycles. The number of aromatic nitrogens is 2. The lowest BCUT2D eigenvalue weighted by Crippen LogP contribution is -2.50. The van der Waals surface area contributed by atoms with E-state index in [4.69, 9.17) is 0 Å². The summed E-state index contributed by atoms with van der Waals surface area (Å²) in [4.78, 5) is 42.8. The summed E-state index contributed by atoms with van der Waals surface area (Å²) in [6.07, 6.45) is -3.34. The molecule has 0 radical (unpaired) electrons. The third-order valence-corrected chi connectivity index (χ3v) is 4.17. The first kappa shape index (κ1) is 17.8. The molecule has 1 aliphatic rings. The molecule has 3 rings (SSSR count). The van der Waals surface area contributed by atoms with Crippen LogP contribution in [-0.4, -0.2) is 47.0 Å². The molecule has 1 aliphatic heterocycles. The zero-order chi connectivity index (χ0) is 18.9. The highest BCUT2D eigenvalue weighted by atomic mass is 19.4. The molecule has 2 aromatic rings. The Hall–Kier alpha value is -3.04. The maximum absolute atomic E-state index is 13.1. The summed E-state index contributed by atoms with van der Waals surface area (Å²) in [5.41, 5.74) is -2.31. The van der Waals surface area contributed by atoms with Crippen LogP contribution < -0.4 is 16.1 Å². The lowest BCUT2D eigenvalue weighted by atomic mass is 10.1. The van der Waals surface area contributed by atoms with Gasteiger partial charge in [-0.15, -0.1) is 0 Å².